The van der Waals surface area contributed by atoms with Crippen LogP contribution in [0, 0.1) is 11.8 Å². The van der Waals surface area contributed by atoms with Crippen molar-refractivity contribution in [2.24, 2.45) is 11.8 Å². The van der Waals surface area contributed by atoms with Gasteiger partial charge in [-0.3, -0.25) is 14.4 Å². The van der Waals surface area contributed by atoms with Crippen molar-refractivity contribution in [2.75, 3.05) is 13.2 Å². The van der Waals surface area contributed by atoms with E-state index in [-0.39, 0.29) is 31.1 Å². The summed E-state index contributed by atoms with van der Waals surface area (Å²) in [4.78, 5) is 38.0. The number of esters is 3. The highest BCUT2D eigenvalue weighted by molar-refractivity contribution is 5.71. The quantitative estimate of drug-likeness (QED) is 0.0343. The Morgan fingerprint density at radius 3 is 0.838 bits per heavy atom. The van der Waals surface area contributed by atoms with Gasteiger partial charge in [0.05, 0.1) is 0 Å². The molecule has 0 bridgehead atoms. The van der Waals surface area contributed by atoms with Crippen LogP contribution in [0.25, 0.3) is 0 Å². The summed E-state index contributed by atoms with van der Waals surface area (Å²) < 4.78 is 16.8. The number of ether oxygens (including phenoxy) is 3. The predicted molar refractivity (Wildman–Crippen MR) is 293 cm³/mol. The molecule has 0 aliphatic rings. The van der Waals surface area contributed by atoms with Crippen LogP contribution < -0.4 is 0 Å². The van der Waals surface area contributed by atoms with Gasteiger partial charge >= 0.3 is 17.9 Å². The van der Waals surface area contributed by atoms with Crippen molar-refractivity contribution in [3.05, 3.63) is 0 Å². The minimum atomic E-state index is -0.761. The average molecular weight is 962 g/mol. The lowest BCUT2D eigenvalue weighted by Crippen LogP contribution is -2.30. The molecular weight excluding hydrogens is 841 g/mol. The first-order valence-electron chi connectivity index (χ1n) is 30.8. The smallest absolute Gasteiger partial charge is 0.306 e. The molecule has 0 rings (SSSR count). The number of carbonyl (C=O) groups is 3. The van der Waals surface area contributed by atoms with Crippen molar-refractivity contribution < 1.29 is 28.6 Å². The molecule has 6 heteroatoms. The van der Waals surface area contributed by atoms with Gasteiger partial charge in [0, 0.05) is 19.3 Å². The molecule has 0 saturated carbocycles. The molecule has 2 atom stereocenters. The fourth-order valence-corrected chi connectivity index (χ4v) is 9.55. The molecule has 0 aliphatic heterocycles. The molecule has 0 fully saturated rings. The van der Waals surface area contributed by atoms with Crippen LogP contribution in [0.15, 0.2) is 0 Å². The summed E-state index contributed by atoms with van der Waals surface area (Å²) in [5.74, 6) is 0.925. The molecule has 68 heavy (non-hydrogen) atoms. The number of unbranched alkanes of at least 4 members (excludes halogenated alkanes) is 40. The molecule has 6 nitrogen and oxygen atoms in total. The van der Waals surface area contributed by atoms with E-state index < -0.39 is 6.10 Å². The van der Waals surface area contributed by atoms with Crippen molar-refractivity contribution >= 4 is 17.9 Å². The molecule has 0 aromatic heterocycles. The summed E-state index contributed by atoms with van der Waals surface area (Å²) in [6.07, 6.45) is 59.8. The molecule has 0 aromatic carbocycles. The van der Waals surface area contributed by atoms with Gasteiger partial charge in [-0.05, 0) is 31.1 Å². The lowest BCUT2D eigenvalue weighted by molar-refractivity contribution is -0.167. The number of hydrogen-bond acceptors (Lipinski definition) is 6. The van der Waals surface area contributed by atoms with Crippen LogP contribution in [0.5, 0.6) is 0 Å². The molecule has 0 amide bonds. The third kappa shape index (κ3) is 53.8. The van der Waals surface area contributed by atoms with E-state index in [1.54, 1.807) is 0 Å². The summed E-state index contributed by atoms with van der Waals surface area (Å²) in [5.41, 5.74) is 0. The van der Waals surface area contributed by atoms with Gasteiger partial charge in [-0.25, -0.2) is 0 Å². The van der Waals surface area contributed by atoms with Crippen LogP contribution in [0.4, 0.5) is 0 Å². The van der Waals surface area contributed by atoms with E-state index in [1.807, 2.05) is 0 Å². The monoisotopic (exact) mass is 961 g/mol. The van der Waals surface area contributed by atoms with Crippen molar-refractivity contribution in [1.82, 2.24) is 0 Å². The van der Waals surface area contributed by atoms with E-state index in [1.165, 1.54) is 238 Å². The molecule has 0 saturated heterocycles. The molecule has 1 unspecified atom stereocenters. The van der Waals surface area contributed by atoms with Crippen LogP contribution in [0.3, 0.4) is 0 Å². The normalized spacial score (nSPS) is 12.4. The van der Waals surface area contributed by atoms with Crippen LogP contribution in [0.2, 0.25) is 0 Å². The van der Waals surface area contributed by atoms with Gasteiger partial charge in [0.25, 0.3) is 0 Å². The van der Waals surface area contributed by atoms with Gasteiger partial charge in [0.15, 0.2) is 6.10 Å². The largest absolute Gasteiger partial charge is 0.462 e. The minimum Gasteiger partial charge on any atom is -0.462 e. The van der Waals surface area contributed by atoms with Crippen molar-refractivity contribution in [2.45, 2.75) is 355 Å². The van der Waals surface area contributed by atoms with Gasteiger partial charge in [-0.1, -0.05) is 311 Å². The zero-order chi connectivity index (χ0) is 49.6. The molecule has 0 aliphatic carbocycles. The van der Waals surface area contributed by atoms with Crippen LogP contribution in [0.1, 0.15) is 349 Å². The third-order valence-corrected chi connectivity index (χ3v) is 14.6. The van der Waals surface area contributed by atoms with Gasteiger partial charge in [0.2, 0.25) is 0 Å². The van der Waals surface area contributed by atoms with Gasteiger partial charge in [-0.2, -0.15) is 0 Å². The lowest BCUT2D eigenvalue weighted by atomic mass is 9.99. The second kappa shape index (κ2) is 54.7. The Morgan fingerprint density at radius 1 is 0.309 bits per heavy atom. The van der Waals surface area contributed by atoms with E-state index >= 15 is 0 Å². The first kappa shape index (κ1) is 66.4. The second-order valence-corrected chi connectivity index (χ2v) is 22.1. The Bertz CT molecular complexity index is 1040. The zero-order valence-corrected chi connectivity index (χ0v) is 46.7. The summed E-state index contributed by atoms with van der Waals surface area (Å²) in [6, 6.07) is 0. The molecule has 0 N–H and O–H groups in total. The first-order chi connectivity index (χ1) is 33.3. The minimum absolute atomic E-state index is 0.0627. The second-order valence-electron chi connectivity index (χ2n) is 22.1. The summed E-state index contributed by atoms with van der Waals surface area (Å²) >= 11 is 0. The average Bonchev–Trinajstić information content (AvgIpc) is 3.32. The van der Waals surface area contributed by atoms with Crippen molar-refractivity contribution in [3.63, 3.8) is 0 Å². The highest BCUT2D eigenvalue weighted by Gasteiger charge is 2.19. The molecule has 0 aromatic rings. The van der Waals surface area contributed by atoms with Crippen LogP contribution in [-0.4, -0.2) is 37.2 Å². The van der Waals surface area contributed by atoms with Crippen LogP contribution in [-0.2, 0) is 28.6 Å². The lowest BCUT2D eigenvalue weighted by Gasteiger charge is -2.18. The molecule has 0 heterocycles. The summed E-state index contributed by atoms with van der Waals surface area (Å²) in [5, 5.41) is 0. The number of hydrogen-bond donors (Lipinski definition) is 0. The van der Waals surface area contributed by atoms with Gasteiger partial charge < -0.3 is 14.2 Å². The maximum Gasteiger partial charge on any atom is 0.306 e. The fraction of sp³-hybridized carbons (Fsp3) is 0.952. The Kier molecular flexibility index (Phi) is 53.5. The third-order valence-electron chi connectivity index (χ3n) is 14.6. The number of rotatable bonds is 56. The Labute approximate surface area is 425 Å². The molecule has 404 valence electrons. The number of carbonyl (C=O) groups excluding carboxylic acids is 3. The highest BCUT2D eigenvalue weighted by Crippen LogP contribution is 2.19. The Hall–Kier alpha value is -1.59. The fourth-order valence-electron chi connectivity index (χ4n) is 9.55. The van der Waals surface area contributed by atoms with E-state index in [0.717, 1.165) is 69.6 Å². The zero-order valence-electron chi connectivity index (χ0n) is 46.7. The van der Waals surface area contributed by atoms with E-state index in [2.05, 4.69) is 34.6 Å². The van der Waals surface area contributed by atoms with E-state index in [4.69, 9.17) is 14.2 Å². The summed E-state index contributed by atoms with van der Waals surface area (Å²) in [7, 11) is 0. The SMILES string of the molecule is CCCCCCCCCC(=O)OC[C@@H](COC(=O)CCCCCCCCCCCCCCCCCCCCC(C)CC)OC(=O)CCCCCCCCCCCCCCCCCCCCC(C)C. The topological polar surface area (TPSA) is 78.9 Å². The van der Waals surface area contributed by atoms with E-state index in [0.29, 0.717) is 19.3 Å². The molecule has 0 spiro atoms. The van der Waals surface area contributed by atoms with Gasteiger partial charge in [-0.15, -0.1) is 0 Å². The van der Waals surface area contributed by atoms with Crippen molar-refractivity contribution in [3.8, 4) is 0 Å². The Balaban J connectivity index is 4.09. The maximum absolute atomic E-state index is 12.8. The Morgan fingerprint density at radius 2 is 0.559 bits per heavy atom. The van der Waals surface area contributed by atoms with Crippen molar-refractivity contribution in [1.29, 1.82) is 0 Å². The standard InChI is InChI=1S/C62H120O6/c1-6-8-9-10-35-42-47-52-60(63)66-55-59(68-62(65)54-49-44-39-34-30-26-22-18-13-11-15-19-23-27-31-36-40-45-50-57(3)4)56-67-61(64)53-48-43-38-33-29-25-21-17-14-12-16-20-24-28-32-37-41-46-51-58(5)7-2/h57-59H,6-56H2,1-5H3/t58?,59-/m0/s1. The van der Waals surface area contributed by atoms with Crippen LogP contribution >= 0.6 is 0 Å². The molecular formula is C62H120O6. The molecule has 0 radical (unpaired) electrons. The van der Waals surface area contributed by atoms with E-state index in [9.17, 15) is 14.4 Å². The van der Waals surface area contributed by atoms with Gasteiger partial charge in [0.1, 0.15) is 13.2 Å². The first-order valence-corrected chi connectivity index (χ1v) is 30.8. The maximum atomic E-state index is 12.8. The highest BCUT2D eigenvalue weighted by atomic mass is 16.6. The summed E-state index contributed by atoms with van der Waals surface area (Å²) in [6.45, 7) is 11.4. The predicted octanol–water partition coefficient (Wildman–Crippen LogP) is 20.4.